The van der Waals surface area contributed by atoms with E-state index in [1.54, 1.807) is 32.4 Å². The Morgan fingerprint density at radius 1 is 1.38 bits per heavy atom. The fourth-order valence-electron chi connectivity index (χ4n) is 4.11. The van der Waals surface area contributed by atoms with Crippen molar-refractivity contribution >= 4 is 12.4 Å². The van der Waals surface area contributed by atoms with Crippen molar-refractivity contribution in [1.29, 1.82) is 0 Å². The average molecular weight is 511 g/mol. The van der Waals surface area contributed by atoms with E-state index >= 15 is 0 Å². The zero-order valence-electron chi connectivity index (χ0n) is 21.6. The molecule has 2 aliphatic heterocycles. The van der Waals surface area contributed by atoms with E-state index in [2.05, 4.69) is 28.8 Å². The number of rotatable bonds is 12. The molecule has 0 bridgehead atoms. The first kappa shape index (κ1) is 27.5. The molecule has 0 amide bonds. The van der Waals surface area contributed by atoms with E-state index in [9.17, 15) is 10.1 Å². The molecule has 1 aromatic rings. The Morgan fingerprint density at radius 3 is 2.73 bits per heavy atom. The molecule has 37 heavy (non-hydrogen) atoms. The lowest BCUT2D eigenvalue weighted by Gasteiger charge is -2.30. The van der Waals surface area contributed by atoms with Crippen molar-refractivity contribution in [3.05, 3.63) is 82.0 Å². The van der Waals surface area contributed by atoms with Gasteiger partial charge in [-0.05, 0) is 37.4 Å². The minimum absolute atomic E-state index is 0.00736. The van der Waals surface area contributed by atoms with Crippen LogP contribution in [0.15, 0.2) is 76.4 Å². The van der Waals surface area contributed by atoms with Gasteiger partial charge in [0.15, 0.2) is 5.75 Å². The van der Waals surface area contributed by atoms with E-state index in [1.807, 2.05) is 36.1 Å². The van der Waals surface area contributed by atoms with Crippen LogP contribution in [0.4, 0.5) is 0 Å². The van der Waals surface area contributed by atoms with Gasteiger partial charge in [-0.2, -0.15) is 10.2 Å². The number of hydrogen-bond donors (Lipinski definition) is 1. The highest BCUT2D eigenvalue weighted by molar-refractivity contribution is 5.98. The molecule has 1 aromatic carbocycles. The van der Waals surface area contributed by atoms with Crippen molar-refractivity contribution in [2.24, 2.45) is 16.0 Å². The number of allylic oxidation sites excluding steroid dienone is 4. The molecule has 0 saturated carbocycles. The fourth-order valence-corrected chi connectivity index (χ4v) is 4.11. The number of methoxy groups -OCH3 is 1. The van der Waals surface area contributed by atoms with Gasteiger partial charge in [0.25, 0.3) is 0 Å². The lowest BCUT2D eigenvalue weighted by Crippen LogP contribution is -2.38. The topological polar surface area (TPSA) is 114 Å². The molecule has 0 radical (unpaired) electrons. The van der Waals surface area contributed by atoms with E-state index in [-0.39, 0.29) is 24.0 Å². The summed E-state index contributed by atoms with van der Waals surface area (Å²) < 4.78 is 10.8. The second-order valence-electron chi connectivity index (χ2n) is 8.21. The smallest absolute Gasteiger partial charge is 0.337 e. The van der Waals surface area contributed by atoms with Crippen molar-refractivity contribution in [2.75, 3.05) is 40.5 Å². The highest BCUT2D eigenvalue weighted by atomic mass is 16.7. The van der Waals surface area contributed by atoms with Gasteiger partial charge in [0.2, 0.25) is 5.82 Å². The van der Waals surface area contributed by atoms with Crippen LogP contribution in [0.1, 0.15) is 18.9 Å². The lowest BCUT2D eigenvalue weighted by molar-refractivity contribution is -0.426. The second-order valence-corrected chi connectivity index (χ2v) is 8.21. The molecular formula is C26H34N6O5. The van der Waals surface area contributed by atoms with E-state index in [0.717, 1.165) is 17.7 Å². The first-order valence-electron chi connectivity index (χ1n) is 12.0. The van der Waals surface area contributed by atoms with Gasteiger partial charge in [0, 0.05) is 37.7 Å². The van der Waals surface area contributed by atoms with Crippen LogP contribution in [-0.4, -0.2) is 67.8 Å². The number of aliphatic imine (C=N–C) groups is 1. The second kappa shape index (κ2) is 13.3. The lowest BCUT2D eigenvalue weighted by atomic mass is 10.00. The number of hydrazone groups is 1. The standard InChI is InChI=1S/C26H34N6O5/c1-6-19(7-2)22(29-28-4)9-8-10-23(30-13-15-36-16-14-30)25(32(33)34)26(27-3)31-18-20-11-12-21(35-5)17-24(20)37-31/h6,8-12,17,19,28H,1,3,7,13-16,18H2,2,4-5H3/b9-8-,23-10+,26-25-,29-22+. The number of nitro groups is 1. The number of benzene rings is 1. The summed E-state index contributed by atoms with van der Waals surface area (Å²) >= 11 is 0. The van der Waals surface area contributed by atoms with Gasteiger partial charge in [0.05, 0.1) is 37.5 Å². The molecule has 1 fully saturated rings. The average Bonchev–Trinajstić information content (AvgIpc) is 3.34. The largest absolute Gasteiger partial charge is 0.497 e. The van der Waals surface area contributed by atoms with Crippen molar-refractivity contribution < 1.29 is 19.2 Å². The number of hydroxylamine groups is 2. The molecule has 0 aromatic heterocycles. The summed E-state index contributed by atoms with van der Waals surface area (Å²) in [5, 5.41) is 18.2. The van der Waals surface area contributed by atoms with E-state index in [4.69, 9.17) is 14.3 Å². The Labute approximate surface area is 217 Å². The molecule has 1 saturated heterocycles. The summed E-state index contributed by atoms with van der Waals surface area (Å²) in [7, 11) is 3.28. The van der Waals surface area contributed by atoms with Gasteiger partial charge in [-0.15, -0.1) is 6.58 Å². The van der Waals surface area contributed by atoms with E-state index < -0.39 is 4.92 Å². The zero-order chi connectivity index (χ0) is 26.8. The van der Waals surface area contributed by atoms with Crippen molar-refractivity contribution in [3.63, 3.8) is 0 Å². The maximum atomic E-state index is 12.5. The third-order valence-electron chi connectivity index (χ3n) is 6.04. The van der Waals surface area contributed by atoms with Crippen molar-refractivity contribution in [2.45, 2.75) is 19.9 Å². The molecular weight excluding hydrogens is 476 g/mol. The molecule has 1 N–H and O–H groups in total. The monoisotopic (exact) mass is 510 g/mol. The molecule has 0 spiro atoms. The van der Waals surface area contributed by atoms with Gasteiger partial charge < -0.3 is 24.6 Å². The maximum absolute atomic E-state index is 12.5. The highest BCUT2D eigenvalue weighted by Gasteiger charge is 2.35. The summed E-state index contributed by atoms with van der Waals surface area (Å²) in [4.78, 5) is 23.9. The molecule has 1 atom stereocenters. The van der Waals surface area contributed by atoms with Crippen molar-refractivity contribution in [1.82, 2.24) is 15.4 Å². The van der Waals surface area contributed by atoms with Crippen LogP contribution in [0.5, 0.6) is 11.5 Å². The Balaban J connectivity index is 2.06. The SMILES string of the molecule is C=CC(CC)C(/C=C\C=C(/C(=C(\N=C)N1Cc2ccc(OC)cc2O1)[N+](=O)[O-])N1CCOCC1)=N/NC. The predicted octanol–water partition coefficient (Wildman–Crippen LogP) is 3.51. The van der Waals surface area contributed by atoms with Gasteiger partial charge >= 0.3 is 5.70 Å². The number of ether oxygens (including phenoxy) is 2. The normalized spacial score (nSPS) is 17.6. The van der Waals surface area contributed by atoms with Crippen LogP contribution in [0.25, 0.3) is 0 Å². The van der Waals surface area contributed by atoms with Crippen molar-refractivity contribution in [3.8, 4) is 11.5 Å². The Bertz CT molecular complexity index is 1120. The van der Waals surface area contributed by atoms with Gasteiger partial charge in [0.1, 0.15) is 11.4 Å². The number of nitrogens with one attached hydrogen (secondary N) is 1. The minimum Gasteiger partial charge on any atom is -0.497 e. The van der Waals surface area contributed by atoms with E-state index in [1.165, 1.54) is 5.06 Å². The quantitative estimate of drug-likeness (QED) is 0.149. The summed E-state index contributed by atoms with van der Waals surface area (Å²) in [6, 6.07) is 5.40. The fraction of sp³-hybridized carbons (Fsp3) is 0.385. The third kappa shape index (κ3) is 6.56. The molecule has 2 heterocycles. The van der Waals surface area contributed by atoms with Crippen LogP contribution >= 0.6 is 0 Å². The van der Waals surface area contributed by atoms with Crippen LogP contribution in [0, 0.1) is 16.0 Å². The maximum Gasteiger partial charge on any atom is 0.337 e. The molecule has 11 nitrogen and oxygen atoms in total. The molecule has 2 aliphatic rings. The van der Waals surface area contributed by atoms with Gasteiger partial charge in [-0.25, -0.2) is 4.99 Å². The van der Waals surface area contributed by atoms with Gasteiger partial charge in [-0.3, -0.25) is 10.1 Å². The first-order chi connectivity index (χ1) is 18.0. The molecule has 1 unspecified atom stereocenters. The third-order valence-corrected chi connectivity index (χ3v) is 6.04. The number of nitrogens with zero attached hydrogens (tertiary/aromatic N) is 5. The summed E-state index contributed by atoms with van der Waals surface area (Å²) in [6.45, 7) is 11.7. The van der Waals surface area contributed by atoms with Crippen LogP contribution < -0.4 is 15.0 Å². The highest BCUT2D eigenvalue weighted by Crippen LogP contribution is 2.35. The number of morpholine rings is 1. The molecule has 0 aliphatic carbocycles. The molecule has 11 heteroatoms. The molecule has 198 valence electrons. The van der Waals surface area contributed by atoms with E-state index in [0.29, 0.717) is 43.5 Å². The Morgan fingerprint density at radius 2 is 2.14 bits per heavy atom. The summed E-state index contributed by atoms with van der Waals surface area (Å²) in [6.07, 6.45) is 7.91. The van der Waals surface area contributed by atoms with Crippen LogP contribution in [0.2, 0.25) is 0 Å². The van der Waals surface area contributed by atoms with Crippen LogP contribution in [0.3, 0.4) is 0 Å². The van der Waals surface area contributed by atoms with Crippen LogP contribution in [-0.2, 0) is 11.3 Å². The number of fused-ring (bicyclic) bond motifs is 1. The summed E-state index contributed by atoms with van der Waals surface area (Å²) in [5.41, 5.74) is 4.58. The predicted molar refractivity (Wildman–Crippen MR) is 143 cm³/mol. The Kier molecular flexibility index (Phi) is 9.84. The first-order valence-corrected chi connectivity index (χ1v) is 12.0. The zero-order valence-corrected chi connectivity index (χ0v) is 21.6. The summed E-state index contributed by atoms with van der Waals surface area (Å²) in [5.74, 6) is 1.21. The minimum atomic E-state index is -0.451. The number of hydrogen-bond acceptors (Lipinski definition) is 10. The van der Waals surface area contributed by atoms with Gasteiger partial charge in [-0.1, -0.05) is 19.1 Å². The molecule has 3 rings (SSSR count). The Hall–Kier alpha value is -4.12.